The third-order valence-corrected chi connectivity index (χ3v) is 9.07. The number of carbonyl (C=O) groups is 2. The van der Waals surface area contributed by atoms with Crippen LogP contribution in [0.5, 0.6) is 0 Å². The fourth-order valence-corrected chi connectivity index (χ4v) is 5.92. The highest BCUT2D eigenvalue weighted by Gasteiger charge is 2.23. The number of aliphatic hydroxyl groups excluding tert-OH is 1. The summed E-state index contributed by atoms with van der Waals surface area (Å²) in [7, 11) is -4.41. The lowest BCUT2D eigenvalue weighted by Gasteiger charge is -2.15. The van der Waals surface area contributed by atoms with Crippen LogP contribution in [0.2, 0.25) is 0 Å². The van der Waals surface area contributed by atoms with E-state index in [0.29, 0.717) is 6.42 Å². The molecule has 0 aliphatic heterocycles. The number of allylic oxidation sites excluding steroid dienone is 6. The number of rotatable bonds is 36. The molecule has 0 aliphatic rings. The molecule has 0 rings (SSSR count). The summed E-state index contributed by atoms with van der Waals surface area (Å²) in [6, 6.07) is 0. The highest BCUT2D eigenvalue weighted by Crippen LogP contribution is 2.42. The van der Waals surface area contributed by atoms with Gasteiger partial charge >= 0.3 is 13.8 Å². The van der Waals surface area contributed by atoms with Gasteiger partial charge in [-0.15, -0.1) is 0 Å². The van der Waals surface area contributed by atoms with Crippen molar-refractivity contribution >= 4 is 19.7 Å². The second kappa shape index (κ2) is 36.0. The van der Waals surface area contributed by atoms with Crippen LogP contribution < -0.4 is 5.32 Å². The number of hydrogen-bond acceptors (Lipinski definition) is 7. The van der Waals surface area contributed by atoms with Crippen molar-refractivity contribution in [1.82, 2.24) is 5.32 Å². The maximum Gasteiger partial charge on any atom is 0.472 e. The van der Waals surface area contributed by atoms with E-state index in [4.69, 9.17) is 13.8 Å². The Morgan fingerprint density at radius 1 is 0.653 bits per heavy atom. The first kappa shape index (κ1) is 47.2. The van der Waals surface area contributed by atoms with Crippen molar-refractivity contribution in [3.8, 4) is 0 Å². The first-order valence-corrected chi connectivity index (χ1v) is 21.0. The fourth-order valence-electron chi connectivity index (χ4n) is 5.16. The zero-order chi connectivity index (χ0) is 36.1. The number of esters is 1. The first-order chi connectivity index (χ1) is 23.8. The van der Waals surface area contributed by atoms with Gasteiger partial charge in [-0.2, -0.15) is 0 Å². The van der Waals surface area contributed by atoms with Crippen molar-refractivity contribution in [2.24, 2.45) is 0 Å². The van der Waals surface area contributed by atoms with Crippen LogP contribution in [0.15, 0.2) is 36.5 Å². The number of unbranched alkanes of at least 4 members (excludes halogenated alkanes) is 17. The zero-order valence-corrected chi connectivity index (χ0v) is 32.0. The Kier molecular flexibility index (Phi) is 34.7. The first-order valence-electron chi connectivity index (χ1n) is 19.5. The highest BCUT2D eigenvalue weighted by atomic mass is 31.2. The van der Waals surface area contributed by atoms with E-state index in [0.717, 1.165) is 64.2 Å². The summed E-state index contributed by atoms with van der Waals surface area (Å²) >= 11 is 0. The Labute approximate surface area is 299 Å². The van der Waals surface area contributed by atoms with E-state index in [-0.39, 0.29) is 32.1 Å². The molecule has 286 valence electrons. The molecular weight excluding hydrogens is 641 g/mol. The van der Waals surface area contributed by atoms with Crippen LogP contribution in [-0.4, -0.2) is 54.3 Å². The van der Waals surface area contributed by atoms with Gasteiger partial charge in [0.05, 0.1) is 13.2 Å². The minimum absolute atomic E-state index is 0.0764. The Hall–Kier alpha value is -1.77. The Bertz CT molecular complexity index is 907. The number of phosphoric ester groups is 1. The minimum atomic E-state index is -4.41. The summed E-state index contributed by atoms with van der Waals surface area (Å²) in [5.74, 6) is -0.527. The second-order valence-electron chi connectivity index (χ2n) is 12.9. The molecule has 9 nitrogen and oxygen atoms in total. The minimum Gasteiger partial charge on any atom is -0.463 e. The molecule has 0 saturated heterocycles. The van der Waals surface area contributed by atoms with Gasteiger partial charge < -0.3 is 20.1 Å². The number of phosphoric acid groups is 1. The van der Waals surface area contributed by atoms with Crippen molar-refractivity contribution in [3.63, 3.8) is 0 Å². The molecule has 0 fully saturated rings. The normalized spacial score (nSPS) is 13.8. The average molecular weight is 714 g/mol. The van der Waals surface area contributed by atoms with Crippen molar-refractivity contribution < 1.29 is 37.9 Å². The van der Waals surface area contributed by atoms with E-state index in [2.05, 4.69) is 55.6 Å². The van der Waals surface area contributed by atoms with E-state index in [1.807, 2.05) is 0 Å². The molecule has 0 radical (unpaired) electrons. The van der Waals surface area contributed by atoms with Gasteiger partial charge in [-0.25, -0.2) is 4.57 Å². The summed E-state index contributed by atoms with van der Waals surface area (Å²) in [6.07, 6.45) is 37.9. The smallest absolute Gasteiger partial charge is 0.463 e. The molecule has 0 saturated carbocycles. The topological polar surface area (TPSA) is 131 Å². The molecule has 0 aromatic carbocycles. The van der Waals surface area contributed by atoms with E-state index in [9.17, 15) is 24.2 Å². The molecule has 0 bridgehead atoms. The zero-order valence-electron chi connectivity index (χ0n) is 31.1. The quantitative estimate of drug-likeness (QED) is 0.0253. The average Bonchev–Trinajstić information content (AvgIpc) is 3.08. The largest absolute Gasteiger partial charge is 0.472 e. The highest BCUT2D eigenvalue weighted by molar-refractivity contribution is 7.47. The lowest BCUT2D eigenvalue weighted by molar-refractivity contribution is -0.147. The number of ether oxygens (including phenoxy) is 1. The third-order valence-electron chi connectivity index (χ3n) is 8.08. The van der Waals surface area contributed by atoms with Crippen molar-refractivity contribution in [1.29, 1.82) is 0 Å². The molecular formula is C39H72NO8P. The number of hydrogen-bond donors (Lipinski definition) is 3. The van der Waals surface area contributed by atoms with Crippen LogP contribution in [0.25, 0.3) is 0 Å². The molecule has 0 aromatic rings. The molecule has 3 N–H and O–H groups in total. The maximum absolute atomic E-state index is 12.0. The van der Waals surface area contributed by atoms with Crippen LogP contribution in [0.1, 0.15) is 168 Å². The summed E-state index contributed by atoms with van der Waals surface area (Å²) in [5.41, 5.74) is 0. The van der Waals surface area contributed by atoms with Gasteiger partial charge in [0.1, 0.15) is 12.7 Å². The summed E-state index contributed by atoms with van der Waals surface area (Å²) in [4.78, 5) is 33.7. The van der Waals surface area contributed by atoms with E-state index in [1.54, 1.807) is 0 Å². The van der Waals surface area contributed by atoms with Crippen molar-refractivity contribution in [2.75, 3.05) is 26.4 Å². The van der Waals surface area contributed by atoms with Crippen LogP contribution >= 0.6 is 7.82 Å². The SMILES string of the molecule is CC/C=C\C/C=C\C/C=C\CCCCCCCCCC(=O)NCCOP(=O)(O)OCC(O)COC(=O)CCCCCCCCCCCCC. The Morgan fingerprint density at radius 3 is 1.76 bits per heavy atom. The number of aliphatic hydroxyl groups is 1. The molecule has 2 atom stereocenters. The summed E-state index contributed by atoms with van der Waals surface area (Å²) in [5, 5.41) is 12.6. The summed E-state index contributed by atoms with van der Waals surface area (Å²) < 4.78 is 26.8. The van der Waals surface area contributed by atoms with Gasteiger partial charge in [-0.05, 0) is 44.9 Å². The monoisotopic (exact) mass is 713 g/mol. The molecule has 0 spiro atoms. The molecule has 49 heavy (non-hydrogen) atoms. The molecule has 10 heteroatoms. The second-order valence-corrected chi connectivity index (χ2v) is 14.3. The molecule has 0 heterocycles. The van der Waals surface area contributed by atoms with Gasteiger partial charge in [0.25, 0.3) is 0 Å². The van der Waals surface area contributed by atoms with E-state index < -0.39 is 26.5 Å². The van der Waals surface area contributed by atoms with Crippen LogP contribution in [0.3, 0.4) is 0 Å². The summed E-state index contributed by atoms with van der Waals surface area (Å²) in [6.45, 7) is 3.41. The van der Waals surface area contributed by atoms with Gasteiger partial charge in [-0.1, -0.05) is 147 Å². The number of nitrogens with one attached hydrogen (secondary N) is 1. The van der Waals surface area contributed by atoms with Crippen molar-refractivity contribution in [3.05, 3.63) is 36.5 Å². The Balaban J connectivity index is 3.63. The fraction of sp³-hybridized carbons (Fsp3) is 0.795. The number of carbonyl (C=O) groups excluding carboxylic acids is 2. The van der Waals surface area contributed by atoms with Crippen LogP contribution in [0, 0.1) is 0 Å². The van der Waals surface area contributed by atoms with Crippen molar-refractivity contribution in [2.45, 2.75) is 174 Å². The predicted molar refractivity (Wildman–Crippen MR) is 201 cm³/mol. The molecule has 0 aromatic heterocycles. The predicted octanol–water partition coefficient (Wildman–Crippen LogP) is 10.2. The van der Waals surface area contributed by atoms with Crippen LogP contribution in [0.4, 0.5) is 0 Å². The van der Waals surface area contributed by atoms with Gasteiger partial charge in [0, 0.05) is 19.4 Å². The third kappa shape index (κ3) is 37.3. The number of amides is 1. The van der Waals surface area contributed by atoms with Gasteiger partial charge in [0.2, 0.25) is 5.91 Å². The standard InChI is InChI=1S/C39H72NO8P/c1-3-5-7-9-11-13-15-16-17-18-19-20-22-23-25-27-29-31-38(42)40-33-34-47-49(44,45)48-36-37(41)35-46-39(43)32-30-28-26-24-21-14-12-10-8-6-4-2/h5,7,11,13,16-17,37,41H,3-4,6,8-10,12,14-15,18-36H2,1-2H3,(H,40,42)(H,44,45)/b7-5-,13-11-,17-16-. The Morgan fingerprint density at radius 2 is 1.16 bits per heavy atom. The lowest BCUT2D eigenvalue weighted by atomic mass is 10.1. The van der Waals surface area contributed by atoms with Crippen LogP contribution in [-0.2, 0) is 27.9 Å². The molecule has 0 aliphatic carbocycles. The maximum atomic E-state index is 12.0. The van der Waals surface area contributed by atoms with E-state index in [1.165, 1.54) is 77.0 Å². The van der Waals surface area contributed by atoms with E-state index >= 15 is 0 Å². The molecule has 1 amide bonds. The lowest BCUT2D eigenvalue weighted by Crippen LogP contribution is -2.27. The van der Waals surface area contributed by atoms with Gasteiger partial charge in [0.15, 0.2) is 0 Å². The molecule has 2 unspecified atom stereocenters. The van der Waals surface area contributed by atoms with Gasteiger partial charge in [-0.3, -0.25) is 18.6 Å².